The van der Waals surface area contributed by atoms with E-state index >= 15 is 0 Å². The van der Waals surface area contributed by atoms with Gasteiger partial charge in [-0.15, -0.1) is 0 Å². The lowest BCUT2D eigenvalue weighted by Crippen LogP contribution is -2.36. The lowest BCUT2D eigenvalue weighted by Gasteiger charge is -2.12. The molecule has 1 saturated heterocycles. The summed E-state index contributed by atoms with van der Waals surface area (Å²) in [6.45, 7) is -0.373. The maximum Gasteiger partial charge on any atom is 0.294 e. The molecule has 1 fully saturated rings. The second-order valence-corrected chi connectivity index (χ2v) is 8.24. The predicted octanol–water partition coefficient (Wildman–Crippen LogP) is 5.81. The highest BCUT2D eigenvalue weighted by Crippen LogP contribution is 2.33. The van der Waals surface area contributed by atoms with Crippen LogP contribution in [0.4, 0.5) is 10.5 Å². The Bertz CT molecular complexity index is 1200. The van der Waals surface area contributed by atoms with Crippen LogP contribution in [0.15, 0.2) is 83.8 Å². The summed E-state index contributed by atoms with van der Waals surface area (Å²) >= 11 is 6.63. The monoisotopic (exact) mass is 464 g/mol. The fraction of sp³-hybridized carbons (Fsp3) is 0.0417. The highest BCUT2D eigenvalue weighted by Gasteiger charge is 2.36. The minimum atomic E-state index is -0.513. The van der Waals surface area contributed by atoms with Crippen LogP contribution in [0.25, 0.3) is 6.08 Å². The van der Waals surface area contributed by atoms with Gasteiger partial charge in [-0.2, -0.15) is 0 Å². The van der Waals surface area contributed by atoms with Crippen LogP contribution in [-0.2, 0) is 9.59 Å². The maximum atomic E-state index is 12.7. The van der Waals surface area contributed by atoms with Crippen LogP contribution in [0.2, 0.25) is 5.02 Å². The van der Waals surface area contributed by atoms with E-state index in [-0.39, 0.29) is 11.4 Å². The molecule has 4 rings (SSSR count). The highest BCUT2D eigenvalue weighted by atomic mass is 35.5. The van der Waals surface area contributed by atoms with Gasteiger partial charge in [-0.25, -0.2) is 0 Å². The number of ether oxygens (including phenoxy) is 1. The number of amides is 3. The van der Waals surface area contributed by atoms with E-state index in [1.807, 2.05) is 30.3 Å². The summed E-state index contributed by atoms with van der Waals surface area (Å²) in [6, 6.07) is 23.0. The number of carbonyl (C=O) groups excluding carboxylic acids is 3. The summed E-state index contributed by atoms with van der Waals surface area (Å²) in [5.41, 5.74) is 1.23. The average Bonchev–Trinajstić information content (AvgIpc) is 3.03. The van der Waals surface area contributed by atoms with E-state index < -0.39 is 17.1 Å². The molecule has 0 spiro atoms. The van der Waals surface area contributed by atoms with Crippen molar-refractivity contribution in [1.29, 1.82) is 0 Å². The first-order valence-electron chi connectivity index (χ1n) is 9.62. The zero-order chi connectivity index (χ0) is 22.5. The van der Waals surface area contributed by atoms with Crippen LogP contribution in [0.3, 0.4) is 0 Å². The number of anilines is 1. The first-order chi connectivity index (χ1) is 15.5. The molecule has 0 saturated carbocycles. The number of hydrogen-bond acceptors (Lipinski definition) is 5. The number of imide groups is 1. The summed E-state index contributed by atoms with van der Waals surface area (Å²) < 4.78 is 5.81. The topological polar surface area (TPSA) is 75.7 Å². The van der Waals surface area contributed by atoms with Crippen molar-refractivity contribution in [3.63, 3.8) is 0 Å². The van der Waals surface area contributed by atoms with Gasteiger partial charge in [0, 0.05) is 10.7 Å². The van der Waals surface area contributed by atoms with E-state index in [4.69, 9.17) is 16.3 Å². The fourth-order valence-corrected chi connectivity index (χ4v) is 3.92. The Kier molecular flexibility index (Phi) is 6.58. The first-order valence-corrected chi connectivity index (χ1v) is 10.8. The van der Waals surface area contributed by atoms with Crippen LogP contribution < -0.4 is 10.1 Å². The molecular formula is C24H17ClN2O4S. The van der Waals surface area contributed by atoms with E-state index in [2.05, 4.69) is 5.32 Å². The molecule has 3 amide bonds. The second-order valence-electron chi connectivity index (χ2n) is 6.81. The third kappa shape index (κ3) is 5.38. The molecule has 0 unspecified atom stereocenters. The molecule has 1 aliphatic rings. The molecule has 0 bridgehead atoms. The summed E-state index contributed by atoms with van der Waals surface area (Å²) in [7, 11) is 0. The molecule has 1 N–H and O–H groups in total. The smallest absolute Gasteiger partial charge is 0.294 e. The lowest BCUT2D eigenvalue weighted by atomic mass is 10.2. The number of halogens is 1. The predicted molar refractivity (Wildman–Crippen MR) is 126 cm³/mol. The van der Waals surface area contributed by atoms with E-state index in [0.717, 1.165) is 16.7 Å². The number of nitrogens with one attached hydrogen (secondary N) is 1. The third-order valence-electron chi connectivity index (χ3n) is 4.44. The molecule has 0 aliphatic carbocycles. The normalized spacial score (nSPS) is 14.7. The molecule has 3 aromatic rings. The van der Waals surface area contributed by atoms with Gasteiger partial charge in [0.25, 0.3) is 11.1 Å². The minimum Gasteiger partial charge on any atom is -0.457 e. The lowest BCUT2D eigenvalue weighted by molar-refractivity contribution is -0.127. The van der Waals surface area contributed by atoms with Crippen molar-refractivity contribution in [2.45, 2.75) is 0 Å². The van der Waals surface area contributed by atoms with Gasteiger partial charge in [-0.1, -0.05) is 41.9 Å². The quantitative estimate of drug-likeness (QED) is 0.466. The van der Waals surface area contributed by atoms with Crippen molar-refractivity contribution in [3.8, 4) is 11.5 Å². The number of hydrogen-bond donors (Lipinski definition) is 1. The van der Waals surface area contributed by atoms with E-state index in [0.29, 0.717) is 27.8 Å². The number of carbonyl (C=O) groups is 3. The number of nitrogens with zero attached hydrogens (tertiary/aromatic N) is 1. The molecule has 0 radical (unpaired) electrons. The van der Waals surface area contributed by atoms with Crippen molar-refractivity contribution in [3.05, 3.63) is 94.4 Å². The standard InChI is InChI=1S/C24H17ClN2O4S/c25-17-9-11-18(12-10-17)26-22(28)15-27-23(29)21(32-24(27)30)14-16-5-4-8-20(13-16)31-19-6-2-1-3-7-19/h1-14H,15H2,(H,26,28)/b21-14+. The summed E-state index contributed by atoms with van der Waals surface area (Å²) in [6.07, 6.45) is 1.61. The van der Waals surface area contributed by atoms with Crippen molar-refractivity contribution < 1.29 is 19.1 Å². The van der Waals surface area contributed by atoms with Crippen LogP contribution in [0, 0.1) is 0 Å². The largest absolute Gasteiger partial charge is 0.457 e. The van der Waals surface area contributed by atoms with Crippen LogP contribution >= 0.6 is 23.4 Å². The minimum absolute atomic E-state index is 0.242. The molecule has 3 aromatic carbocycles. The molecule has 32 heavy (non-hydrogen) atoms. The fourth-order valence-electron chi connectivity index (χ4n) is 2.96. The molecule has 160 valence electrons. The Morgan fingerprint density at radius 1 is 0.969 bits per heavy atom. The highest BCUT2D eigenvalue weighted by molar-refractivity contribution is 8.18. The van der Waals surface area contributed by atoms with Gasteiger partial charge in [-0.3, -0.25) is 19.3 Å². The number of benzene rings is 3. The van der Waals surface area contributed by atoms with Crippen LogP contribution in [-0.4, -0.2) is 28.5 Å². The maximum absolute atomic E-state index is 12.7. The Hall–Kier alpha value is -3.55. The van der Waals surface area contributed by atoms with Crippen molar-refractivity contribution in [2.75, 3.05) is 11.9 Å². The Labute approximate surface area is 193 Å². The second kappa shape index (κ2) is 9.72. The molecule has 1 aliphatic heterocycles. The number of thioether (sulfide) groups is 1. The van der Waals surface area contributed by atoms with Crippen molar-refractivity contribution in [2.24, 2.45) is 0 Å². The van der Waals surface area contributed by atoms with Gasteiger partial charge in [0.05, 0.1) is 4.91 Å². The first kappa shape index (κ1) is 21.7. The Morgan fingerprint density at radius 3 is 2.44 bits per heavy atom. The van der Waals surface area contributed by atoms with Gasteiger partial charge in [-0.05, 0) is 71.9 Å². The number of para-hydroxylation sites is 1. The summed E-state index contributed by atoms with van der Waals surface area (Å²) in [5.74, 6) is 0.304. The summed E-state index contributed by atoms with van der Waals surface area (Å²) in [5, 5.41) is 2.69. The van der Waals surface area contributed by atoms with Gasteiger partial charge < -0.3 is 10.1 Å². The van der Waals surface area contributed by atoms with Crippen LogP contribution in [0.5, 0.6) is 11.5 Å². The zero-order valence-corrected chi connectivity index (χ0v) is 18.2. The Morgan fingerprint density at radius 2 is 1.69 bits per heavy atom. The van der Waals surface area contributed by atoms with E-state index in [1.54, 1.807) is 54.6 Å². The SMILES string of the molecule is O=C(CN1C(=O)S/C(=C/c2cccc(Oc3ccccc3)c2)C1=O)Nc1ccc(Cl)cc1. The average molecular weight is 465 g/mol. The number of rotatable bonds is 6. The van der Waals surface area contributed by atoms with Crippen LogP contribution in [0.1, 0.15) is 5.56 Å². The van der Waals surface area contributed by atoms with Gasteiger partial charge in [0.15, 0.2) is 0 Å². The van der Waals surface area contributed by atoms with Gasteiger partial charge in [0.1, 0.15) is 18.0 Å². The summed E-state index contributed by atoms with van der Waals surface area (Å²) in [4.78, 5) is 38.5. The Balaban J connectivity index is 1.43. The zero-order valence-electron chi connectivity index (χ0n) is 16.7. The van der Waals surface area contributed by atoms with Gasteiger partial charge in [0.2, 0.25) is 5.91 Å². The van der Waals surface area contributed by atoms with Crippen molar-refractivity contribution in [1.82, 2.24) is 4.90 Å². The van der Waals surface area contributed by atoms with E-state index in [1.165, 1.54) is 0 Å². The van der Waals surface area contributed by atoms with Gasteiger partial charge >= 0.3 is 0 Å². The van der Waals surface area contributed by atoms with E-state index in [9.17, 15) is 14.4 Å². The molecule has 0 aromatic heterocycles. The third-order valence-corrected chi connectivity index (χ3v) is 5.60. The molecule has 0 atom stereocenters. The molecule has 1 heterocycles. The molecule has 8 heteroatoms. The molecule has 6 nitrogen and oxygen atoms in total. The van der Waals surface area contributed by atoms with Crippen molar-refractivity contribution >= 4 is 52.2 Å². The molecular weight excluding hydrogens is 448 g/mol.